The summed E-state index contributed by atoms with van der Waals surface area (Å²) in [5, 5.41) is 8.24. The Labute approximate surface area is 50.9 Å². The van der Waals surface area contributed by atoms with Crippen LogP contribution in [0.1, 0.15) is 28.0 Å². The average molecular weight is 117 g/mol. The summed E-state index contributed by atoms with van der Waals surface area (Å²) in [6.07, 6.45) is -0.500. The highest BCUT2D eigenvalue weighted by atomic mass is 16.4. The fourth-order valence-corrected chi connectivity index (χ4v) is 0.337. The summed E-state index contributed by atoms with van der Waals surface area (Å²) in [6.45, 7) is 3.81. The Morgan fingerprint density at radius 2 is 2.38 bits per heavy atom. The van der Waals surface area contributed by atoms with E-state index >= 15 is 0 Å². The standard InChI is InChI=1S/C6H12O2/c1-5(2)3-4-6(7)8/h5H,3-4H2,1-2H3,(H,7,8)/i4D. The zero-order valence-corrected chi connectivity index (χ0v) is 5.22. The molecule has 0 rings (SSSR count). The molecule has 0 amide bonds. The maximum absolute atomic E-state index is 10.0. The first-order valence-electron chi connectivity index (χ1n) is 3.26. The van der Waals surface area contributed by atoms with Crippen molar-refractivity contribution in [1.29, 1.82) is 0 Å². The third kappa shape index (κ3) is 5.47. The molecule has 0 spiro atoms. The van der Waals surface area contributed by atoms with Crippen LogP contribution >= 0.6 is 0 Å². The number of carboxylic acid groups (broad SMARTS) is 1. The lowest BCUT2D eigenvalue weighted by Gasteiger charge is -1.97. The van der Waals surface area contributed by atoms with E-state index in [2.05, 4.69) is 0 Å². The third-order valence-corrected chi connectivity index (χ3v) is 0.764. The second-order valence-corrected chi connectivity index (χ2v) is 2.17. The molecule has 1 unspecified atom stereocenters. The summed E-state index contributed by atoms with van der Waals surface area (Å²) < 4.78 is 6.96. The minimum atomic E-state index is -1.02. The second kappa shape index (κ2) is 3.47. The van der Waals surface area contributed by atoms with Crippen molar-refractivity contribution in [2.75, 3.05) is 0 Å². The van der Waals surface area contributed by atoms with Crippen LogP contribution in [0.15, 0.2) is 0 Å². The summed E-state index contributed by atoms with van der Waals surface area (Å²) in [7, 11) is 0. The van der Waals surface area contributed by atoms with Crippen LogP contribution in [0, 0.1) is 5.92 Å². The smallest absolute Gasteiger partial charge is 0.303 e. The van der Waals surface area contributed by atoms with Gasteiger partial charge in [0.05, 0.1) is 0 Å². The van der Waals surface area contributed by atoms with E-state index in [1.807, 2.05) is 13.8 Å². The van der Waals surface area contributed by atoms with E-state index < -0.39 is 12.4 Å². The molecule has 0 aromatic heterocycles. The second-order valence-electron chi connectivity index (χ2n) is 2.17. The van der Waals surface area contributed by atoms with Crippen LogP contribution in [0.4, 0.5) is 0 Å². The molecule has 2 heteroatoms. The van der Waals surface area contributed by atoms with Crippen LogP contribution in [-0.4, -0.2) is 11.1 Å². The molecule has 0 saturated carbocycles. The lowest BCUT2D eigenvalue weighted by molar-refractivity contribution is -0.137. The van der Waals surface area contributed by atoms with E-state index in [-0.39, 0.29) is 0 Å². The minimum Gasteiger partial charge on any atom is -0.481 e. The quantitative estimate of drug-likeness (QED) is 0.608. The van der Waals surface area contributed by atoms with E-state index in [9.17, 15) is 4.79 Å². The molecule has 0 heterocycles. The molecule has 48 valence electrons. The zero-order valence-electron chi connectivity index (χ0n) is 6.22. The highest BCUT2D eigenvalue weighted by molar-refractivity contribution is 5.66. The molecule has 8 heavy (non-hydrogen) atoms. The van der Waals surface area contributed by atoms with E-state index in [0.29, 0.717) is 12.3 Å². The molecular weight excluding hydrogens is 104 g/mol. The molecular formula is C6H12O2. The van der Waals surface area contributed by atoms with Crippen molar-refractivity contribution in [3.05, 3.63) is 0 Å². The van der Waals surface area contributed by atoms with Crippen LogP contribution in [0.2, 0.25) is 0 Å². The van der Waals surface area contributed by atoms with Gasteiger partial charge in [-0.25, -0.2) is 0 Å². The highest BCUT2D eigenvalue weighted by Crippen LogP contribution is 2.01. The Bertz CT molecular complexity index is 101. The first-order valence-corrected chi connectivity index (χ1v) is 2.69. The van der Waals surface area contributed by atoms with E-state index in [1.165, 1.54) is 0 Å². The predicted molar refractivity (Wildman–Crippen MR) is 31.7 cm³/mol. The van der Waals surface area contributed by atoms with Gasteiger partial charge in [-0.05, 0) is 12.3 Å². The molecule has 2 nitrogen and oxygen atoms in total. The van der Waals surface area contributed by atoms with Crippen LogP contribution in [0.3, 0.4) is 0 Å². The largest absolute Gasteiger partial charge is 0.481 e. The highest BCUT2D eigenvalue weighted by Gasteiger charge is 1.97. The summed E-state index contributed by atoms with van der Waals surface area (Å²) in [4.78, 5) is 10.0. The fourth-order valence-electron chi connectivity index (χ4n) is 0.337. The molecule has 0 radical (unpaired) electrons. The number of hydrogen-bond donors (Lipinski definition) is 1. The maximum atomic E-state index is 10.0. The van der Waals surface area contributed by atoms with Crippen molar-refractivity contribution in [2.24, 2.45) is 5.92 Å². The van der Waals surface area contributed by atoms with Gasteiger partial charge in [-0.2, -0.15) is 0 Å². The maximum Gasteiger partial charge on any atom is 0.303 e. The van der Waals surface area contributed by atoms with Crippen LogP contribution in [0.25, 0.3) is 0 Å². The molecule has 0 aliphatic heterocycles. The Balaban J connectivity index is 3.50. The minimum absolute atomic E-state index is 0.295. The zero-order chi connectivity index (χ0) is 7.44. The van der Waals surface area contributed by atoms with Gasteiger partial charge in [-0.1, -0.05) is 13.8 Å². The van der Waals surface area contributed by atoms with E-state index in [0.717, 1.165) is 0 Å². The van der Waals surface area contributed by atoms with Crippen molar-refractivity contribution in [3.8, 4) is 0 Å². The number of carboxylic acids is 1. The van der Waals surface area contributed by atoms with Crippen LogP contribution in [0.5, 0.6) is 0 Å². The number of rotatable bonds is 3. The molecule has 0 aliphatic carbocycles. The van der Waals surface area contributed by atoms with Gasteiger partial charge in [0.2, 0.25) is 0 Å². The van der Waals surface area contributed by atoms with Gasteiger partial charge in [-0.3, -0.25) is 4.79 Å². The molecule has 0 saturated heterocycles. The van der Waals surface area contributed by atoms with Gasteiger partial charge in [0, 0.05) is 7.77 Å². The Morgan fingerprint density at radius 3 is 2.50 bits per heavy atom. The van der Waals surface area contributed by atoms with Gasteiger partial charge in [0.25, 0.3) is 0 Å². The van der Waals surface area contributed by atoms with Gasteiger partial charge < -0.3 is 5.11 Å². The topological polar surface area (TPSA) is 37.3 Å². The molecule has 0 aromatic rings. The van der Waals surface area contributed by atoms with E-state index in [1.54, 1.807) is 0 Å². The van der Waals surface area contributed by atoms with Gasteiger partial charge >= 0.3 is 5.97 Å². The van der Waals surface area contributed by atoms with Crippen molar-refractivity contribution in [3.63, 3.8) is 0 Å². The molecule has 0 fully saturated rings. The number of carbonyl (C=O) groups is 1. The first-order chi connectivity index (χ1) is 4.04. The molecule has 0 bridgehead atoms. The third-order valence-electron chi connectivity index (χ3n) is 0.764. The Hall–Kier alpha value is -0.530. The van der Waals surface area contributed by atoms with Crippen molar-refractivity contribution >= 4 is 5.97 Å². The van der Waals surface area contributed by atoms with Crippen molar-refractivity contribution in [2.45, 2.75) is 26.7 Å². The normalized spacial score (nSPS) is 15.6. The molecule has 1 N–H and O–H groups in total. The predicted octanol–water partition coefficient (Wildman–Crippen LogP) is 1.51. The molecule has 0 aromatic carbocycles. The van der Waals surface area contributed by atoms with Gasteiger partial charge in [-0.15, -0.1) is 0 Å². The summed E-state index contributed by atoms with van der Waals surface area (Å²) in [5.41, 5.74) is 0. The summed E-state index contributed by atoms with van der Waals surface area (Å²) >= 11 is 0. The SMILES string of the molecule is [2H]C(CC(C)C)C(=O)O. The van der Waals surface area contributed by atoms with E-state index in [4.69, 9.17) is 6.48 Å². The first kappa shape index (κ1) is 5.60. The Morgan fingerprint density at radius 1 is 1.88 bits per heavy atom. The van der Waals surface area contributed by atoms with Crippen LogP contribution < -0.4 is 0 Å². The summed E-state index contributed by atoms with van der Waals surface area (Å²) in [5.74, 6) is -0.729. The van der Waals surface area contributed by atoms with Gasteiger partial charge in [0.1, 0.15) is 0 Å². The van der Waals surface area contributed by atoms with Crippen LogP contribution in [-0.2, 0) is 4.79 Å². The monoisotopic (exact) mass is 117 g/mol. The lowest BCUT2D eigenvalue weighted by atomic mass is 10.1. The van der Waals surface area contributed by atoms with Crippen molar-refractivity contribution in [1.82, 2.24) is 0 Å². The Kier molecular flexibility index (Phi) is 2.43. The summed E-state index contributed by atoms with van der Waals surface area (Å²) in [6, 6.07) is 0. The molecule has 1 atom stereocenters. The lowest BCUT2D eigenvalue weighted by Crippen LogP contribution is -1.97. The van der Waals surface area contributed by atoms with Gasteiger partial charge in [0.15, 0.2) is 0 Å². The fraction of sp³-hybridized carbons (Fsp3) is 0.833. The average Bonchev–Trinajstić information content (AvgIpc) is 1.63. The molecule has 0 aliphatic rings. The number of aliphatic carboxylic acids is 1. The number of hydrogen-bond acceptors (Lipinski definition) is 1. The van der Waals surface area contributed by atoms with Crippen molar-refractivity contribution < 1.29 is 11.3 Å².